The lowest BCUT2D eigenvalue weighted by atomic mass is 9.52. The Morgan fingerprint density at radius 1 is 1.26 bits per heavy atom. The molecular formula is C20H28O3. The van der Waals surface area contributed by atoms with E-state index >= 15 is 0 Å². The molecule has 2 N–H and O–H groups in total. The van der Waals surface area contributed by atoms with Gasteiger partial charge in [-0.05, 0) is 72.1 Å². The van der Waals surface area contributed by atoms with E-state index < -0.39 is 0 Å². The number of hydrogen-bond donors (Lipinski definition) is 2. The van der Waals surface area contributed by atoms with Crippen LogP contribution in [0.5, 0.6) is 5.75 Å². The largest absolute Gasteiger partial charge is 0.508 e. The zero-order chi connectivity index (χ0) is 16.4. The molecule has 0 spiro atoms. The van der Waals surface area contributed by atoms with Gasteiger partial charge in [0, 0.05) is 13.0 Å². The molecule has 4 rings (SSSR count). The Labute approximate surface area is 138 Å². The van der Waals surface area contributed by atoms with Crippen molar-refractivity contribution in [2.45, 2.75) is 57.7 Å². The van der Waals surface area contributed by atoms with Crippen molar-refractivity contribution in [3.63, 3.8) is 0 Å². The van der Waals surface area contributed by atoms with Gasteiger partial charge in [0.05, 0.1) is 12.2 Å². The summed E-state index contributed by atoms with van der Waals surface area (Å²) in [7, 11) is 1.81. The van der Waals surface area contributed by atoms with Gasteiger partial charge in [-0.25, -0.2) is 0 Å². The van der Waals surface area contributed by atoms with Crippen LogP contribution in [0.15, 0.2) is 18.2 Å². The average molecular weight is 316 g/mol. The van der Waals surface area contributed by atoms with Gasteiger partial charge in [0.2, 0.25) is 0 Å². The number of aliphatic hydroxyl groups excluding tert-OH is 1. The molecule has 3 heteroatoms. The fourth-order valence-electron chi connectivity index (χ4n) is 6.19. The Bertz CT molecular complexity index is 613. The molecule has 0 radical (unpaired) electrons. The van der Waals surface area contributed by atoms with Crippen LogP contribution in [-0.4, -0.2) is 29.5 Å². The highest BCUT2D eigenvalue weighted by Crippen LogP contribution is 2.62. The predicted octanol–water partition coefficient (Wildman–Crippen LogP) is 3.48. The van der Waals surface area contributed by atoms with E-state index in [9.17, 15) is 10.2 Å². The third kappa shape index (κ3) is 2.09. The molecule has 126 valence electrons. The second-order valence-corrected chi connectivity index (χ2v) is 8.35. The van der Waals surface area contributed by atoms with Crippen molar-refractivity contribution in [2.75, 3.05) is 7.11 Å². The van der Waals surface area contributed by atoms with Crippen molar-refractivity contribution in [2.24, 2.45) is 23.2 Å². The molecule has 2 saturated carbocycles. The van der Waals surface area contributed by atoms with Crippen molar-refractivity contribution in [1.29, 1.82) is 0 Å². The Morgan fingerprint density at radius 3 is 2.78 bits per heavy atom. The van der Waals surface area contributed by atoms with Crippen LogP contribution in [0.25, 0.3) is 0 Å². The van der Waals surface area contributed by atoms with Gasteiger partial charge in [0.25, 0.3) is 0 Å². The summed E-state index contributed by atoms with van der Waals surface area (Å²) >= 11 is 0. The van der Waals surface area contributed by atoms with Gasteiger partial charge in [0.1, 0.15) is 5.75 Å². The molecule has 3 aliphatic carbocycles. The fraction of sp³-hybridized carbons (Fsp3) is 0.700. The first-order valence-electron chi connectivity index (χ1n) is 8.98. The normalized spacial score (nSPS) is 45.2. The number of ether oxygens (including phenoxy) is 1. The summed E-state index contributed by atoms with van der Waals surface area (Å²) in [5.41, 5.74) is 2.63. The third-order valence-electron chi connectivity index (χ3n) is 7.27. The van der Waals surface area contributed by atoms with Crippen molar-refractivity contribution in [3.05, 3.63) is 29.3 Å². The number of benzene rings is 1. The number of aliphatic hydroxyl groups is 1. The summed E-state index contributed by atoms with van der Waals surface area (Å²) in [4.78, 5) is 0. The SMILES string of the molecule is COC1C[C@]2(C)[C@H](O)CC[C@H]2[C@@H]2C(C)Cc3cc(O)ccc3[C@@H]12. The highest BCUT2D eigenvalue weighted by atomic mass is 16.5. The van der Waals surface area contributed by atoms with Crippen LogP contribution in [0.1, 0.15) is 50.2 Å². The molecule has 0 heterocycles. The van der Waals surface area contributed by atoms with Crippen molar-refractivity contribution >= 4 is 0 Å². The van der Waals surface area contributed by atoms with E-state index in [0.29, 0.717) is 29.4 Å². The first-order chi connectivity index (χ1) is 11.0. The Morgan fingerprint density at radius 2 is 2.04 bits per heavy atom. The van der Waals surface area contributed by atoms with Crippen LogP contribution in [0.4, 0.5) is 0 Å². The van der Waals surface area contributed by atoms with Crippen LogP contribution in [0.2, 0.25) is 0 Å². The smallest absolute Gasteiger partial charge is 0.115 e. The number of phenols is 1. The molecule has 0 amide bonds. The minimum Gasteiger partial charge on any atom is -0.508 e. The van der Waals surface area contributed by atoms with E-state index in [1.54, 1.807) is 0 Å². The van der Waals surface area contributed by atoms with Gasteiger partial charge in [-0.2, -0.15) is 0 Å². The number of aromatic hydroxyl groups is 1. The number of hydrogen-bond acceptors (Lipinski definition) is 3. The van der Waals surface area contributed by atoms with Gasteiger partial charge in [-0.15, -0.1) is 0 Å². The highest BCUT2D eigenvalue weighted by Gasteiger charge is 2.59. The van der Waals surface area contributed by atoms with Crippen molar-refractivity contribution < 1.29 is 14.9 Å². The molecule has 23 heavy (non-hydrogen) atoms. The van der Waals surface area contributed by atoms with Crippen LogP contribution in [-0.2, 0) is 11.2 Å². The second-order valence-electron chi connectivity index (χ2n) is 8.35. The third-order valence-corrected chi connectivity index (χ3v) is 7.27. The molecule has 2 unspecified atom stereocenters. The van der Waals surface area contributed by atoms with Crippen molar-refractivity contribution in [1.82, 2.24) is 0 Å². The van der Waals surface area contributed by atoms with E-state index in [2.05, 4.69) is 19.9 Å². The van der Waals surface area contributed by atoms with Crippen molar-refractivity contribution in [3.8, 4) is 5.75 Å². The van der Waals surface area contributed by atoms with Gasteiger partial charge in [-0.3, -0.25) is 0 Å². The Kier molecular flexibility index (Phi) is 3.51. The van der Waals surface area contributed by atoms with E-state index in [-0.39, 0.29) is 17.6 Å². The van der Waals surface area contributed by atoms with E-state index in [1.807, 2.05) is 19.2 Å². The van der Waals surface area contributed by atoms with Crippen LogP contribution >= 0.6 is 0 Å². The first-order valence-corrected chi connectivity index (χ1v) is 8.98. The molecule has 2 fully saturated rings. The lowest BCUT2D eigenvalue weighted by molar-refractivity contribution is -0.104. The molecule has 3 nitrogen and oxygen atoms in total. The standard InChI is InChI=1S/C20H28O3/c1-11-8-12-9-13(21)4-5-14(12)19-16(23-3)10-20(2)15(18(11)19)6-7-17(20)22/h4-5,9,11,15-19,21-22H,6-8,10H2,1-3H3/t11?,15-,16?,17+,18-,19-,20-/m0/s1. The van der Waals surface area contributed by atoms with Crippen LogP contribution in [0.3, 0.4) is 0 Å². The lowest BCUT2D eigenvalue weighted by Crippen LogP contribution is -2.52. The molecule has 7 atom stereocenters. The fourth-order valence-corrected chi connectivity index (χ4v) is 6.19. The van der Waals surface area contributed by atoms with Crippen LogP contribution < -0.4 is 0 Å². The van der Waals surface area contributed by atoms with E-state index in [0.717, 1.165) is 25.7 Å². The highest BCUT2D eigenvalue weighted by molar-refractivity contribution is 5.41. The van der Waals surface area contributed by atoms with Gasteiger partial charge < -0.3 is 14.9 Å². The summed E-state index contributed by atoms with van der Waals surface area (Å²) < 4.78 is 5.94. The number of methoxy groups -OCH3 is 1. The summed E-state index contributed by atoms with van der Waals surface area (Å²) in [5, 5.41) is 20.5. The first kappa shape index (κ1) is 15.5. The topological polar surface area (TPSA) is 49.7 Å². The Hall–Kier alpha value is -1.06. The summed E-state index contributed by atoms with van der Waals surface area (Å²) in [5.74, 6) is 2.45. The number of rotatable bonds is 1. The quantitative estimate of drug-likeness (QED) is 0.834. The van der Waals surface area contributed by atoms with Gasteiger partial charge >= 0.3 is 0 Å². The predicted molar refractivity (Wildman–Crippen MR) is 89.5 cm³/mol. The minimum atomic E-state index is -0.195. The summed E-state index contributed by atoms with van der Waals surface area (Å²) in [6.45, 7) is 4.62. The molecule has 1 aromatic carbocycles. The number of phenolic OH excluding ortho intramolecular Hbond substituents is 1. The second kappa shape index (κ2) is 5.22. The van der Waals surface area contributed by atoms with E-state index in [1.165, 1.54) is 11.1 Å². The number of fused-ring (bicyclic) bond motifs is 5. The van der Waals surface area contributed by atoms with Crippen LogP contribution in [0, 0.1) is 23.2 Å². The van der Waals surface area contributed by atoms with E-state index in [4.69, 9.17) is 4.74 Å². The monoisotopic (exact) mass is 316 g/mol. The minimum absolute atomic E-state index is 0.00940. The van der Waals surface area contributed by atoms with Gasteiger partial charge in [-0.1, -0.05) is 19.9 Å². The molecule has 3 aliphatic rings. The maximum atomic E-state index is 10.6. The maximum absolute atomic E-state index is 10.6. The average Bonchev–Trinajstić information content (AvgIpc) is 2.81. The molecule has 0 saturated heterocycles. The molecule has 0 aliphatic heterocycles. The molecule has 0 aromatic heterocycles. The summed E-state index contributed by atoms with van der Waals surface area (Å²) in [6, 6.07) is 5.86. The van der Waals surface area contributed by atoms with Gasteiger partial charge in [0.15, 0.2) is 0 Å². The molecule has 0 bridgehead atoms. The maximum Gasteiger partial charge on any atom is 0.115 e. The summed E-state index contributed by atoms with van der Waals surface area (Å²) in [6.07, 6.45) is 3.97. The zero-order valence-corrected chi connectivity index (χ0v) is 14.3. The molecule has 1 aromatic rings. The lowest BCUT2D eigenvalue weighted by Gasteiger charge is -2.55. The Balaban J connectivity index is 1.82. The zero-order valence-electron chi connectivity index (χ0n) is 14.3. The molecular weight excluding hydrogens is 288 g/mol.